The maximum atomic E-state index is 10.6. The van der Waals surface area contributed by atoms with Gasteiger partial charge in [-0.05, 0) is 30.3 Å². The molecule has 0 aliphatic rings. The normalized spacial score (nSPS) is 10.8. The van der Waals surface area contributed by atoms with Crippen molar-refractivity contribution in [3.05, 3.63) is 76.0 Å². The second-order valence-electron chi connectivity index (χ2n) is 3.82. The molecule has 1 aromatic rings. The zero-order valence-corrected chi connectivity index (χ0v) is 10.8. The van der Waals surface area contributed by atoms with Crippen molar-refractivity contribution >= 4 is 5.97 Å². The number of rotatable bonds is 4. The molecule has 0 unspecified atom stereocenters. The quantitative estimate of drug-likeness (QED) is 0.290. The molecule has 0 aliphatic carbocycles. The van der Waals surface area contributed by atoms with Crippen molar-refractivity contribution in [2.75, 3.05) is 0 Å². The van der Waals surface area contributed by atoms with E-state index in [-0.39, 0.29) is 11.3 Å². The van der Waals surface area contributed by atoms with Crippen LogP contribution >= 0.6 is 0 Å². The minimum Gasteiger partial charge on any atom is -0.508 e. The van der Waals surface area contributed by atoms with Crippen LogP contribution in [0.25, 0.3) is 0 Å². The number of nitro groups is 1. The zero-order valence-electron chi connectivity index (χ0n) is 10.8. The maximum Gasteiger partial charge on any atom is 0.335 e. The van der Waals surface area contributed by atoms with E-state index in [1.54, 1.807) is 12.1 Å². The molecule has 6 nitrogen and oxygen atoms in total. The standard InChI is InChI=1S/C15H11NO5/c1-11(2-4-12-5-8-14(17)9-6-12)3-7-13(16(20)21)10-15(18)19/h3,5-10,17H,1H2,(H,18,19)/b7-3-,13-10-. The fourth-order valence-electron chi connectivity index (χ4n) is 1.21. The number of aromatic hydroxyl groups is 1. The summed E-state index contributed by atoms with van der Waals surface area (Å²) in [4.78, 5) is 20.2. The summed E-state index contributed by atoms with van der Waals surface area (Å²) < 4.78 is 0. The van der Waals surface area contributed by atoms with E-state index in [4.69, 9.17) is 10.2 Å². The fraction of sp³-hybridized carbons (Fsp3) is 0. The summed E-state index contributed by atoms with van der Waals surface area (Å²) in [6, 6.07) is 6.16. The first kappa shape index (κ1) is 15.7. The van der Waals surface area contributed by atoms with E-state index in [0.717, 1.165) is 6.08 Å². The molecule has 2 N–H and O–H groups in total. The van der Waals surface area contributed by atoms with Crippen molar-refractivity contribution in [2.24, 2.45) is 0 Å². The molecular formula is C15H11NO5. The average molecular weight is 285 g/mol. The van der Waals surface area contributed by atoms with Crippen LogP contribution in [0, 0.1) is 22.0 Å². The smallest absolute Gasteiger partial charge is 0.335 e. The zero-order chi connectivity index (χ0) is 15.8. The van der Waals surface area contributed by atoms with Gasteiger partial charge in [-0.25, -0.2) is 4.79 Å². The first-order valence-corrected chi connectivity index (χ1v) is 5.65. The van der Waals surface area contributed by atoms with Crippen LogP contribution in [-0.4, -0.2) is 21.1 Å². The largest absolute Gasteiger partial charge is 0.508 e. The Hall–Kier alpha value is -3.33. The van der Waals surface area contributed by atoms with E-state index in [1.807, 2.05) is 0 Å². The highest BCUT2D eigenvalue weighted by atomic mass is 16.6. The summed E-state index contributed by atoms with van der Waals surface area (Å²) in [6.07, 6.45) is 2.75. The van der Waals surface area contributed by atoms with Crippen molar-refractivity contribution in [1.29, 1.82) is 0 Å². The molecule has 0 amide bonds. The maximum absolute atomic E-state index is 10.6. The van der Waals surface area contributed by atoms with Gasteiger partial charge in [-0.3, -0.25) is 10.1 Å². The number of hydrogen-bond donors (Lipinski definition) is 2. The highest BCUT2D eigenvalue weighted by Crippen LogP contribution is 2.08. The lowest BCUT2D eigenvalue weighted by atomic mass is 10.2. The van der Waals surface area contributed by atoms with E-state index in [1.165, 1.54) is 18.2 Å². The van der Waals surface area contributed by atoms with Crippen molar-refractivity contribution in [2.45, 2.75) is 0 Å². The lowest BCUT2D eigenvalue weighted by Gasteiger charge is -1.91. The molecule has 106 valence electrons. The van der Waals surface area contributed by atoms with Gasteiger partial charge in [0.2, 0.25) is 0 Å². The van der Waals surface area contributed by atoms with Crippen molar-refractivity contribution in [3.63, 3.8) is 0 Å². The van der Waals surface area contributed by atoms with Gasteiger partial charge in [0.15, 0.2) is 0 Å². The number of carbonyl (C=O) groups is 1. The Morgan fingerprint density at radius 3 is 2.43 bits per heavy atom. The lowest BCUT2D eigenvalue weighted by Crippen LogP contribution is -2.00. The number of phenols is 1. The third kappa shape index (κ3) is 5.89. The average Bonchev–Trinajstić information content (AvgIpc) is 2.42. The first-order valence-electron chi connectivity index (χ1n) is 5.65. The third-order valence-corrected chi connectivity index (χ3v) is 2.17. The van der Waals surface area contributed by atoms with Crippen molar-refractivity contribution in [3.8, 4) is 17.6 Å². The lowest BCUT2D eigenvalue weighted by molar-refractivity contribution is -0.419. The molecule has 21 heavy (non-hydrogen) atoms. The van der Waals surface area contributed by atoms with Crippen LogP contribution in [0.4, 0.5) is 0 Å². The Bertz CT molecular complexity index is 687. The van der Waals surface area contributed by atoms with Gasteiger partial charge >= 0.3 is 5.97 Å². The molecule has 1 aromatic carbocycles. The van der Waals surface area contributed by atoms with Gasteiger partial charge in [-0.15, -0.1) is 0 Å². The number of carboxylic acid groups (broad SMARTS) is 1. The van der Waals surface area contributed by atoms with Crippen LogP contribution < -0.4 is 0 Å². The summed E-state index contributed by atoms with van der Waals surface area (Å²) in [5.41, 5.74) is 0.342. The summed E-state index contributed by atoms with van der Waals surface area (Å²) in [7, 11) is 0. The molecule has 0 aromatic heterocycles. The molecule has 0 fully saturated rings. The van der Waals surface area contributed by atoms with E-state index < -0.39 is 16.6 Å². The van der Waals surface area contributed by atoms with E-state index in [9.17, 15) is 14.9 Å². The summed E-state index contributed by atoms with van der Waals surface area (Å²) in [6.45, 7) is 3.59. The second-order valence-corrected chi connectivity index (χ2v) is 3.82. The number of benzene rings is 1. The summed E-state index contributed by atoms with van der Waals surface area (Å²) >= 11 is 0. The van der Waals surface area contributed by atoms with Crippen molar-refractivity contribution in [1.82, 2.24) is 0 Å². The molecule has 6 heteroatoms. The molecule has 0 atom stereocenters. The predicted molar refractivity (Wildman–Crippen MR) is 76.0 cm³/mol. The minimum absolute atomic E-state index is 0.119. The van der Waals surface area contributed by atoms with E-state index in [2.05, 4.69) is 18.4 Å². The molecule has 0 heterocycles. The Labute approximate surface area is 120 Å². The number of aliphatic carboxylic acids is 1. The molecule has 0 radical (unpaired) electrons. The minimum atomic E-state index is -1.41. The van der Waals surface area contributed by atoms with Gasteiger partial charge in [0.25, 0.3) is 5.70 Å². The van der Waals surface area contributed by atoms with Gasteiger partial charge in [0.1, 0.15) is 11.8 Å². The molecule has 0 saturated heterocycles. The number of phenolic OH excluding ortho intramolecular Hbond substituents is 1. The molecule has 0 bridgehead atoms. The highest BCUT2D eigenvalue weighted by Gasteiger charge is 2.08. The third-order valence-electron chi connectivity index (χ3n) is 2.17. The van der Waals surface area contributed by atoms with Gasteiger partial charge in [-0.2, -0.15) is 0 Å². The van der Waals surface area contributed by atoms with Gasteiger partial charge < -0.3 is 10.2 Å². The Morgan fingerprint density at radius 2 is 1.90 bits per heavy atom. The number of hydrogen-bond acceptors (Lipinski definition) is 4. The Balaban J connectivity index is 2.82. The van der Waals surface area contributed by atoms with Crippen LogP contribution in [-0.2, 0) is 4.79 Å². The van der Waals surface area contributed by atoms with Crippen LogP contribution in [0.15, 0.2) is 60.3 Å². The molecule has 0 saturated carbocycles. The van der Waals surface area contributed by atoms with Crippen LogP contribution in [0.3, 0.4) is 0 Å². The molecular weight excluding hydrogens is 274 g/mol. The molecule has 0 aliphatic heterocycles. The van der Waals surface area contributed by atoms with Gasteiger partial charge in [0.05, 0.1) is 4.92 Å². The molecule has 1 rings (SSSR count). The van der Waals surface area contributed by atoms with Gasteiger partial charge in [0, 0.05) is 17.2 Å². The van der Waals surface area contributed by atoms with Crippen LogP contribution in [0.5, 0.6) is 5.75 Å². The predicted octanol–water partition coefficient (Wildman–Crippen LogP) is 2.10. The second kappa shape index (κ2) is 7.31. The molecule has 0 spiro atoms. The fourth-order valence-corrected chi connectivity index (χ4v) is 1.21. The monoisotopic (exact) mass is 285 g/mol. The van der Waals surface area contributed by atoms with E-state index in [0.29, 0.717) is 11.6 Å². The van der Waals surface area contributed by atoms with Crippen LogP contribution in [0.1, 0.15) is 5.56 Å². The summed E-state index contributed by atoms with van der Waals surface area (Å²) in [5.74, 6) is 4.11. The Morgan fingerprint density at radius 1 is 1.29 bits per heavy atom. The number of nitrogens with zero attached hydrogens (tertiary/aromatic N) is 1. The van der Waals surface area contributed by atoms with Crippen LogP contribution in [0.2, 0.25) is 0 Å². The SMILES string of the molecule is C=C(C#Cc1ccc(O)cc1)/C=C\C(=C\C(=O)O)[N+](=O)[O-]. The van der Waals surface area contributed by atoms with E-state index >= 15 is 0 Å². The Kier molecular flexibility index (Phi) is 5.47. The van der Waals surface area contributed by atoms with Gasteiger partial charge in [-0.1, -0.05) is 18.4 Å². The van der Waals surface area contributed by atoms with Crippen molar-refractivity contribution < 1.29 is 19.9 Å². The topological polar surface area (TPSA) is 101 Å². The highest BCUT2D eigenvalue weighted by molar-refractivity contribution is 5.80. The number of allylic oxidation sites excluding steroid dienone is 3. The first-order chi connectivity index (χ1) is 9.88. The summed E-state index contributed by atoms with van der Waals surface area (Å²) in [5, 5.41) is 28.2. The number of carboxylic acids is 1.